The number of Topliss-reactive ketones (excluding diaryl/α,β-unsaturated/α-hetero) is 1. The van der Waals surface area contributed by atoms with E-state index in [9.17, 15) is 19.5 Å². The van der Waals surface area contributed by atoms with Crippen molar-refractivity contribution in [3.8, 4) is 0 Å². The summed E-state index contributed by atoms with van der Waals surface area (Å²) in [5, 5.41) is 13.5. The minimum Gasteiger partial charge on any atom is -0.506 e. The summed E-state index contributed by atoms with van der Waals surface area (Å²) in [6.45, 7) is 9.96. The van der Waals surface area contributed by atoms with E-state index in [4.69, 9.17) is 16.3 Å². The summed E-state index contributed by atoms with van der Waals surface area (Å²) < 4.78 is 5.22. The number of benzene rings is 1. The quantitative estimate of drug-likeness (QED) is 0.606. The normalized spacial score (nSPS) is 18.0. The van der Waals surface area contributed by atoms with Crippen molar-refractivity contribution in [2.45, 2.75) is 59.1 Å². The van der Waals surface area contributed by atoms with Crippen LogP contribution in [0.2, 0.25) is 5.02 Å². The van der Waals surface area contributed by atoms with E-state index in [2.05, 4.69) is 5.32 Å². The molecule has 0 aliphatic heterocycles. The highest BCUT2D eigenvalue weighted by Gasteiger charge is 2.37. The van der Waals surface area contributed by atoms with Crippen LogP contribution in [0.3, 0.4) is 0 Å². The number of fused-ring (bicyclic) bond motifs is 1. The maximum Gasteiger partial charge on any atom is 0.328 e. The van der Waals surface area contributed by atoms with Crippen LogP contribution in [0.25, 0.3) is 5.76 Å². The molecule has 1 amide bonds. The lowest BCUT2D eigenvalue weighted by atomic mass is 9.80. The van der Waals surface area contributed by atoms with E-state index in [-0.39, 0.29) is 5.57 Å². The fourth-order valence-electron chi connectivity index (χ4n) is 2.92. The molecular weight excluding hydrogens is 370 g/mol. The number of esters is 1. The second kappa shape index (κ2) is 7.35. The standard InChI is InChI=1S/C20H24ClNO5/c1-9-12-7-8-13(21)10(2)14(12)17(24)15(16(9)23)18(25)22-11(3)19(26)27-20(4,5)6/h7-9,11,24H,1-6H3,(H,22,25)/t9?,11-/m0/s1. The fraction of sp³-hybridized carbons (Fsp3) is 0.450. The predicted octanol–water partition coefficient (Wildman–Crippen LogP) is 3.45. The van der Waals surface area contributed by atoms with Crippen LogP contribution in [0.5, 0.6) is 0 Å². The second-order valence-corrected chi connectivity index (χ2v) is 8.08. The summed E-state index contributed by atoms with van der Waals surface area (Å²) in [7, 11) is 0. The Morgan fingerprint density at radius 2 is 1.89 bits per heavy atom. The van der Waals surface area contributed by atoms with Gasteiger partial charge in [-0.05, 0) is 51.8 Å². The van der Waals surface area contributed by atoms with Gasteiger partial charge in [-0.3, -0.25) is 9.59 Å². The van der Waals surface area contributed by atoms with Gasteiger partial charge in [0.1, 0.15) is 23.0 Å². The molecule has 1 aromatic carbocycles. The zero-order valence-electron chi connectivity index (χ0n) is 16.3. The van der Waals surface area contributed by atoms with Crippen molar-refractivity contribution in [1.29, 1.82) is 0 Å². The number of amides is 1. The lowest BCUT2D eigenvalue weighted by Crippen LogP contribution is -2.44. The Balaban J connectivity index is 2.38. The highest BCUT2D eigenvalue weighted by Crippen LogP contribution is 2.39. The van der Waals surface area contributed by atoms with Gasteiger partial charge in [0, 0.05) is 16.5 Å². The number of ketones is 1. The van der Waals surface area contributed by atoms with Crippen molar-refractivity contribution >= 4 is 35.0 Å². The van der Waals surface area contributed by atoms with Crippen LogP contribution in [-0.4, -0.2) is 34.4 Å². The van der Waals surface area contributed by atoms with Crippen molar-refractivity contribution in [3.63, 3.8) is 0 Å². The van der Waals surface area contributed by atoms with Gasteiger partial charge in [-0.15, -0.1) is 0 Å². The van der Waals surface area contributed by atoms with Gasteiger partial charge in [0.25, 0.3) is 5.91 Å². The SMILES string of the molecule is Cc1c(Cl)ccc2c1C(O)=C(C(=O)N[C@@H](C)C(=O)OC(C)(C)C)C(=O)C2C. The third-order valence-electron chi connectivity index (χ3n) is 4.35. The van der Waals surface area contributed by atoms with Gasteiger partial charge in [0.15, 0.2) is 5.78 Å². The van der Waals surface area contributed by atoms with Gasteiger partial charge in [-0.25, -0.2) is 4.79 Å². The van der Waals surface area contributed by atoms with Crippen molar-refractivity contribution < 1.29 is 24.2 Å². The van der Waals surface area contributed by atoms with Crippen molar-refractivity contribution in [2.24, 2.45) is 0 Å². The average molecular weight is 394 g/mol. The van der Waals surface area contributed by atoms with E-state index in [1.807, 2.05) is 0 Å². The molecule has 0 radical (unpaired) electrons. The first kappa shape index (κ1) is 21.0. The minimum absolute atomic E-state index is 0.379. The van der Waals surface area contributed by atoms with Crippen LogP contribution < -0.4 is 5.32 Å². The number of carbonyl (C=O) groups is 3. The number of ether oxygens (including phenoxy) is 1. The highest BCUT2D eigenvalue weighted by atomic mass is 35.5. The largest absolute Gasteiger partial charge is 0.506 e. The predicted molar refractivity (Wildman–Crippen MR) is 103 cm³/mol. The summed E-state index contributed by atoms with van der Waals surface area (Å²) >= 11 is 6.13. The van der Waals surface area contributed by atoms with E-state index in [0.717, 1.165) is 0 Å². The third kappa shape index (κ3) is 4.16. The number of aliphatic hydroxyl groups is 1. The smallest absolute Gasteiger partial charge is 0.328 e. The number of nitrogens with one attached hydrogen (secondary N) is 1. The zero-order valence-corrected chi connectivity index (χ0v) is 17.0. The lowest BCUT2D eigenvalue weighted by Gasteiger charge is -2.26. The molecule has 0 fully saturated rings. The molecule has 0 spiro atoms. The number of rotatable bonds is 3. The Hall–Kier alpha value is -2.34. The zero-order chi connectivity index (χ0) is 20.7. The Kier molecular flexibility index (Phi) is 5.71. The van der Waals surface area contributed by atoms with Gasteiger partial charge in [0.2, 0.25) is 0 Å². The van der Waals surface area contributed by atoms with Crippen LogP contribution in [-0.2, 0) is 19.1 Å². The van der Waals surface area contributed by atoms with Gasteiger partial charge < -0.3 is 15.2 Å². The maximum absolute atomic E-state index is 12.7. The van der Waals surface area contributed by atoms with Gasteiger partial charge in [-0.1, -0.05) is 24.6 Å². The number of aliphatic hydroxyl groups excluding tert-OH is 1. The summed E-state index contributed by atoms with van der Waals surface area (Å²) in [4.78, 5) is 37.4. The van der Waals surface area contributed by atoms with Crippen molar-refractivity contribution in [3.05, 3.63) is 39.4 Å². The molecule has 2 N–H and O–H groups in total. The van der Waals surface area contributed by atoms with E-state index in [1.54, 1.807) is 46.8 Å². The highest BCUT2D eigenvalue weighted by molar-refractivity contribution is 6.32. The molecule has 6 nitrogen and oxygen atoms in total. The Morgan fingerprint density at radius 3 is 2.44 bits per heavy atom. The first-order valence-corrected chi connectivity index (χ1v) is 9.03. The van der Waals surface area contributed by atoms with Crippen LogP contribution in [0, 0.1) is 6.92 Å². The number of halogens is 1. The van der Waals surface area contributed by atoms with Crippen molar-refractivity contribution in [1.82, 2.24) is 5.32 Å². The molecule has 0 saturated carbocycles. The van der Waals surface area contributed by atoms with Crippen LogP contribution in [0.1, 0.15) is 57.2 Å². The van der Waals surface area contributed by atoms with E-state index >= 15 is 0 Å². The lowest BCUT2D eigenvalue weighted by molar-refractivity contribution is -0.158. The van der Waals surface area contributed by atoms with Crippen LogP contribution >= 0.6 is 11.6 Å². The van der Waals surface area contributed by atoms with Crippen molar-refractivity contribution in [2.75, 3.05) is 0 Å². The number of hydrogen-bond acceptors (Lipinski definition) is 5. The third-order valence-corrected chi connectivity index (χ3v) is 4.76. The summed E-state index contributed by atoms with van der Waals surface area (Å²) in [5.41, 5.74) is 0.479. The van der Waals surface area contributed by atoms with Gasteiger partial charge >= 0.3 is 5.97 Å². The van der Waals surface area contributed by atoms with Crippen LogP contribution in [0.4, 0.5) is 0 Å². The molecule has 27 heavy (non-hydrogen) atoms. The average Bonchev–Trinajstić information content (AvgIpc) is 2.53. The summed E-state index contributed by atoms with van der Waals surface area (Å²) in [6, 6.07) is 2.34. The maximum atomic E-state index is 12.7. The monoisotopic (exact) mass is 393 g/mol. The Morgan fingerprint density at radius 1 is 1.30 bits per heavy atom. The first-order valence-electron chi connectivity index (χ1n) is 8.65. The van der Waals surface area contributed by atoms with E-state index in [0.29, 0.717) is 21.7 Å². The first-order chi connectivity index (χ1) is 12.3. The molecule has 1 aliphatic carbocycles. The molecule has 0 bridgehead atoms. The second-order valence-electron chi connectivity index (χ2n) is 7.67. The Bertz CT molecular complexity index is 851. The molecule has 0 saturated heterocycles. The molecule has 0 aromatic heterocycles. The number of carbonyl (C=O) groups excluding carboxylic acids is 3. The molecule has 1 aromatic rings. The topological polar surface area (TPSA) is 92.7 Å². The van der Waals surface area contributed by atoms with Crippen LogP contribution in [0.15, 0.2) is 17.7 Å². The molecule has 0 heterocycles. The Labute approximate surface area is 163 Å². The molecule has 1 aliphatic rings. The molecule has 1 unspecified atom stereocenters. The fourth-order valence-corrected chi connectivity index (χ4v) is 3.08. The summed E-state index contributed by atoms with van der Waals surface area (Å²) in [6.07, 6.45) is 0. The minimum atomic E-state index is -0.984. The van der Waals surface area contributed by atoms with Gasteiger partial charge in [0.05, 0.1) is 0 Å². The van der Waals surface area contributed by atoms with E-state index < -0.39 is 41.0 Å². The molecule has 2 rings (SSSR count). The number of hydrogen-bond donors (Lipinski definition) is 2. The van der Waals surface area contributed by atoms with Gasteiger partial charge in [-0.2, -0.15) is 0 Å². The molecular formula is C20H24ClNO5. The molecule has 7 heteroatoms. The summed E-state index contributed by atoms with van der Waals surface area (Å²) in [5.74, 6) is -3.03. The molecule has 2 atom stereocenters. The van der Waals surface area contributed by atoms with E-state index in [1.165, 1.54) is 6.92 Å². The molecule has 146 valence electrons.